The van der Waals surface area contributed by atoms with Crippen LogP contribution >= 0.6 is 22.9 Å². The maximum absolute atomic E-state index is 11.8. The highest BCUT2D eigenvalue weighted by Crippen LogP contribution is 2.33. The minimum Gasteiger partial charge on any atom is -0.366 e. The first-order valence-corrected chi connectivity index (χ1v) is 8.40. The smallest absolute Gasteiger partial charge is 0.249 e. The van der Waals surface area contributed by atoms with Crippen molar-refractivity contribution >= 4 is 50.7 Å². The van der Waals surface area contributed by atoms with Gasteiger partial charge in [-0.3, -0.25) is 4.79 Å². The van der Waals surface area contributed by atoms with Crippen molar-refractivity contribution in [2.75, 3.05) is 0 Å². The molecule has 2 N–H and O–H groups in total. The standard InChI is InChI=1S/C18H12ClN2OS/c19-12-4-5-13-16(8-12)21(9-11-6-7-23-10-11)15-3-1-2-14(17(13)15)18(20)22/h1-4,6-8,10H,9H2,(H2,20,22). The van der Waals surface area contributed by atoms with Crippen LogP contribution in [0.1, 0.15) is 15.9 Å². The van der Waals surface area contributed by atoms with E-state index < -0.39 is 5.91 Å². The van der Waals surface area contributed by atoms with Crippen molar-refractivity contribution in [1.82, 2.24) is 4.57 Å². The lowest BCUT2D eigenvalue weighted by Gasteiger charge is -2.06. The largest absolute Gasteiger partial charge is 0.366 e. The number of hydrogen-bond donors (Lipinski definition) is 1. The predicted octanol–water partition coefficient (Wildman–Crippen LogP) is 4.46. The van der Waals surface area contributed by atoms with Gasteiger partial charge in [0, 0.05) is 27.9 Å². The Labute approximate surface area is 141 Å². The molecule has 4 rings (SSSR count). The van der Waals surface area contributed by atoms with Crippen LogP contribution in [-0.4, -0.2) is 10.5 Å². The molecule has 3 nitrogen and oxygen atoms in total. The number of primary amides is 1. The van der Waals surface area contributed by atoms with E-state index in [9.17, 15) is 4.79 Å². The first-order chi connectivity index (χ1) is 11.1. The third-order valence-corrected chi connectivity index (χ3v) is 4.90. The average Bonchev–Trinajstić information content (AvgIpc) is 3.14. The van der Waals surface area contributed by atoms with Gasteiger partial charge in [-0.25, -0.2) is 0 Å². The number of nitrogens with zero attached hydrogens (tertiary/aromatic N) is 1. The number of amides is 1. The molecule has 1 amide bonds. The minimum atomic E-state index is -0.437. The Hall–Kier alpha value is -2.30. The van der Waals surface area contributed by atoms with Crippen molar-refractivity contribution < 1.29 is 4.79 Å². The first-order valence-electron chi connectivity index (χ1n) is 7.08. The Kier molecular flexibility index (Phi) is 3.36. The minimum absolute atomic E-state index is 0.437. The highest BCUT2D eigenvalue weighted by atomic mass is 35.5. The van der Waals surface area contributed by atoms with Crippen molar-refractivity contribution in [2.24, 2.45) is 5.73 Å². The molecule has 2 aromatic carbocycles. The molecular formula is C18H12ClN2OS. The van der Waals surface area contributed by atoms with Gasteiger partial charge in [0.2, 0.25) is 5.91 Å². The number of rotatable bonds is 3. The number of carbonyl (C=O) groups excluding carboxylic acids is 1. The van der Waals surface area contributed by atoms with E-state index in [1.807, 2.05) is 18.2 Å². The molecule has 0 unspecified atom stereocenters. The maximum atomic E-state index is 11.8. The maximum Gasteiger partial charge on any atom is 0.249 e. The molecule has 5 heteroatoms. The van der Waals surface area contributed by atoms with Crippen molar-refractivity contribution in [3.63, 3.8) is 0 Å². The molecule has 1 radical (unpaired) electrons. The quantitative estimate of drug-likeness (QED) is 0.588. The molecule has 2 aromatic heterocycles. The molecule has 0 fully saturated rings. The lowest BCUT2D eigenvalue weighted by Crippen LogP contribution is -2.11. The van der Waals surface area contributed by atoms with E-state index in [2.05, 4.69) is 27.5 Å². The molecule has 0 atom stereocenters. The molecular weight excluding hydrogens is 328 g/mol. The lowest BCUT2D eigenvalue weighted by molar-refractivity contribution is 0.100. The highest BCUT2D eigenvalue weighted by molar-refractivity contribution is 7.07. The van der Waals surface area contributed by atoms with Crippen LogP contribution in [0.3, 0.4) is 0 Å². The SMILES string of the molecule is NC(=O)c1cccc2c1c1[c]cc(Cl)cc1n2Cc1ccsc1. The Balaban J connectivity index is 2.11. The van der Waals surface area contributed by atoms with Gasteiger partial charge in [0.25, 0.3) is 0 Å². The summed E-state index contributed by atoms with van der Waals surface area (Å²) in [6, 6.07) is 14.5. The highest BCUT2D eigenvalue weighted by Gasteiger charge is 2.17. The Morgan fingerprint density at radius 2 is 2.17 bits per heavy atom. The van der Waals surface area contributed by atoms with Crippen molar-refractivity contribution in [3.05, 3.63) is 69.4 Å². The number of thiophene rings is 1. The second-order valence-electron chi connectivity index (χ2n) is 5.36. The van der Waals surface area contributed by atoms with E-state index in [0.29, 0.717) is 17.1 Å². The number of halogens is 1. The fourth-order valence-electron chi connectivity index (χ4n) is 2.97. The second kappa shape index (κ2) is 5.41. The molecule has 0 saturated carbocycles. The van der Waals surface area contributed by atoms with Gasteiger partial charge in [-0.15, -0.1) is 0 Å². The van der Waals surface area contributed by atoms with Crippen molar-refractivity contribution in [3.8, 4) is 0 Å². The molecule has 2 heterocycles. The molecule has 0 aliphatic rings. The zero-order valence-electron chi connectivity index (χ0n) is 12.0. The Morgan fingerprint density at radius 1 is 1.30 bits per heavy atom. The molecule has 0 saturated heterocycles. The molecule has 0 spiro atoms. The Bertz CT molecular complexity index is 1030. The average molecular weight is 340 g/mol. The lowest BCUT2D eigenvalue weighted by atomic mass is 10.1. The molecule has 0 bridgehead atoms. The molecule has 0 aliphatic carbocycles. The van der Waals surface area contributed by atoms with Crippen LogP contribution in [0.15, 0.2) is 47.2 Å². The van der Waals surface area contributed by atoms with E-state index in [1.165, 1.54) is 5.56 Å². The van der Waals surface area contributed by atoms with Gasteiger partial charge in [-0.05, 0) is 52.7 Å². The van der Waals surface area contributed by atoms with E-state index >= 15 is 0 Å². The summed E-state index contributed by atoms with van der Waals surface area (Å²) in [5, 5.41) is 6.49. The molecule has 113 valence electrons. The van der Waals surface area contributed by atoms with Crippen LogP contribution in [0.25, 0.3) is 21.8 Å². The summed E-state index contributed by atoms with van der Waals surface area (Å²) in [7, 11) is 0. The van der Waals surface area contributed by atoms with Gasteiger partial charge in [0.05, 0.1) is 11.0 Å². The normalized spacial score (nSPS) is 11.3. The van der Waals surface area contributed by atoms with Gasteiger partial charge in [0.15, 0.2) is 0 Å². The first kappa shape index (κ1) is 14.3. The van der Waals surface area contributed by atoms with Crippen LogP contribution < -0.4 is 5.73 Å². The zero-order chi connectivity index (χ0) is 16.0. The Morgan fingerprint density at radius 3 is 2.91 bits per heavy atom. The number of nitrogens with two attached hydrogens (primary N) is 1. The predicted molar refractivity (Wildman–Crippen MR) is 95.2 cm³/mol. The van der Waals surface area contributed by atoms with Crippen LogP contribution in [0.2, 0.25) is 5.02 Å². The summed E-state index contributed by atoms with van der Waals surface area (Å²) in [4.78, 5) is 11.8. The van der Waals surface area contributed by atoms with E-state index in [1.54, 1.807) is 23.5 Å². The topological polar surface area (TPSA) is 48.0 Å². The van der Waals surface area contributed by atoms with Gasteiger partial charge in [-0.2, -0.15) is 11.3 Å². The number of hydrogen-bond acceptors (Lipinski definition) is 2. The number of benzene rings is 2. The summed E-state index contributed by atoms with van der Waals surface area (Å²) in [6.07, 6.45) is 0. The van der Waals surface area contributed by atoms with Crippen molar-refractivity contribution in [1.29, 1.82) is 0 Å². The van der Waals surface area contributed by atoms with Gasteiger partial charge in [-0.1, -0.05) is 17.7 Å². The van der Waals surface area contributed by atoms with Gasteiger partial charge >= 0.3 is 0 Å². The summed E-state index contributed by atoms with van der Waals surface area (Å²) < 4.78 is 2.15. The number of aromatic nitrogens is 1. The van der Waals surface area contributed by atoms with Crippen LogP contribution in [0.4, 0.5) is 0 Å². The van der Waals surface area contributed by atoms with Gasteiger partial charge in [0.1, 0.15) is 0 Å². The third kappa shape index (κ3) is 2.31. The molecule has 23 heavy (non-hydrogen) atoms. The van der Waals surface area contributed by atoms with E-state index in [0.717, 1.165) is 21.8 Å². The van der Waals surface area contributed by atoms with Gasteiger partial charge < -0.3 is 10.3 Å². The summed E-state index contributed by atoms with van der Waals surface area (Å²) in [5.74, 6) is -0.437. The third-order valence-electron chi connectivity index (χ3n) is 3.95. The zero-order valence-corrected chi connectivity index (χ0v) is 13.6. The number of fused-ring (bicyclic) bond motifs is 3. The fourth-order valence-corrected chi connectivity index (χ4v) is 3.79. The second-order valence-corrected chi connectivity index (χ2v) is 6.58. The van der Waals surface area contributed by atoms with Crippen LogP contribution in [0, 0.1) is 6.07 Å². The van der Waals surface area contributed by atoms with Crippen molar-refractivity contribution in [2.45, 2.75) is 6.54 Å². The molecule has 0 aliphatic heterocycles. The summed E-state index contributed by atoms with van der Waals surface area (Å²) in [5.41, 5.74) is 9.19. The monoisotopic (exact) mass is 339 g/mol. The van der Waals surface area contributed by atoms with E-state index in [4.69, 9.17) is 17.3 Å². The number of carbonyl (C=O) groups is 1. The molecule has 4 aromatic rings. The van der Waals surface area contributed by atoms with Crippen LogP contribution in [0.5, 0.6) is 0 Å². The summed E-state index contributed by atoms with van der Waals surface area (Å²) in [6.45, 7) is 0.708. The van der Waals surface area contributed by atoms with Crippen LogP contribution in [-0.2, 0) is 6.54 Å². The summed E-state index contributed by atoms with van der Waals surface area (Å²) >= 11 is 7.83. The van der Waals surface area contributed by atoms with E-state index in [-0.39, 0.29) is 0 Å². The fraction of sp³-hybridized carbons (Fsp3) is 0.0556.